The standard InChI is InChI=1S/C33H38FN5O4S2/c1-33(2,3)39-30(16-28(36-39)22-9-12-24(15-22)43-32-26(19-44-37-32)21-7-8-21)35-27-13-14-29-25(31(27)34)18-38(45(29,40)41)17-20-5-10-23(42-4)11-6-20/h5-6,10-11,13-14,16,19,21-22,24,35H,7-9,12,15,17-18H2,1-4H3/t22-,24+/m0/s1. The van der Waals surface area contributed by atoms with E-state index in [1.807, 2.05) is 22.9 Å². The number of halogens is 1. The number of ether oxygens (including phenoxy) is 2. The molecule has 0 bridgehead atoms. The molecule has 0 radical (unpaired) electrons. The molecule has 2 fully saturated rings. The summed E-state index contributed by atoms with van der Waals surface area (Å²) >= 11 is 1.46. The molecule has 1 N–H and O–H groups in total. The van der Waals surface area contributed by atoms with Crippen LogP contribution in [0, 0.1) is 5.82 Å². The lowest BCUT2D eigenvalue weighted by molar-refractivity contribution is 0.199. The summed E-state index contributed by atoms with van der Waals surface area (Å²) in [7, 11) is -2.26. The lowest BCUT2D eigenvalue weighted by Gasteiger charge is -2.23. The Bertz CT molecular complexity index is 1830. The van der Waals surface area contributed by atoms with Gasteiger partial charge in [-0.3, -0.25) is 0 Å². The quantitative estimate of drug-likeness (QED) is 0.203. The predicted octanol–water partition coefficient (Wildman–Crippen LogP) is 7.28. The number of nitrogens with zero attached hydrogens (tertiary/aromatic N) is 4. The summed E-state index contributed by atoms with van der Waals surface area (Å²) < 4.78 is 62.0. The molecule has 3 heterocycles. The number of anilines is 2. The van der Waals surface area contributed by atoms with E-state index in [2.05, 4.69) is 35.8 Å². The Kier molecular flexibility index (Phi) is 7.65. The summed E-state index contributed by atoms with van der Waals surface area (Å²) in [6.45, 7) is 6.26. The van der Waals surface area contributed by atoms with Crippen LogP contribution < -0.4 is 14.8 Å². The van der Waals surface area contributed by atoms with Gasteiger partial charge in [0.25, 0.3) is 0 Å². The highest BCUT2D eigenvalue weighted by Gasteiger charge is 2.38. The second kappa shape index (κ2) is 11.4. The Morgan fingerprint density at radius 3 is 2.53 bits per heavy atom. The third kappa shape index (κ3) is 5.83. The average Bonchev–Trinajstić information content (AvgIpc) is 3.31. The molecule has 1 aliphatic heterocycles. The van der Waals surface area contributed by atoms with Crippen molar-refractivity contribution in [2.45, 2.75) is 94.3 Å². The van der Waals surface area contributed by atoms with Crippen LogP contribution in [0.25, 0.3) is 0 Å². The first-order valence-electron chi connectivity index (χ1n) is 15.4. The van der Waals surface area contributed by atoms with E-state index in [1.165, 1.54) is 46.4 Å². The van der Waals surface area contributed by atoms with Gasteiger partial charge in [0.2, 0.25) is 15.9 Å². The van der Waals surface area contributed by atoms with E-state index in [-0.39, 0.29) is 46.8 Å². The number of methoxy groups -OCH3 is 1. The molecule has 0 amide bonds. The molecule has 3 aliphatic rings. The zero-order chi connectivity index (χ0) is 31.5. The van der Waals surface area contributed by atoms with Gasteiger partial charge >= 0.3 is 0 Å². The van der Waals surface area contributed by atoms with Crippen LogP contribution in [-0.2, 0) is 28.7 Å². The van der Waals surface area contributed by atoms with Gasteiger partial charge in [0.05, 0.1) is 28.9 Å². The fourth-order valence-corrected chi connectivity index (χ4v) is 8.67. The Morgan fingerprint density at radius 2 is 1.82 bits per heavy atom. The zero-order valence-electron chi connectivity index (χ0n) is 25.9. The minimum Gasteiger partial charge on any atom is -0.497 e. The molecular weight excluding hydrogens is 614 g/mol. The molecule has 9 nitrogen and oxygen atoms in total. The van der Waals surface area contributed by atoms with Crippen LogP contribution in [0.1, 0.15) is 87.1 Å². The third-order valence-corrected chi connectivity index (χ3v) is 11.5. The van der Waals surface area contributed by atoms with Crippen LogP contribution in [0.3, 0.4) is 0 Å². The van der Waals surface area contributed by atoms with Gasteiger partial charge in [0.1, 0.15) is 17.7 Å². The van der Waals surface area contributed by atoms with E-state index in [4.69, 9.17) is 14.6 Å². The Balaban J connectivity index is 1.10. The summed E-state index contributed by atoms with van der Waals surface area (Å²) in [5, 5.41) is 10.4. The summed E-state index contributed by atoms with van der Waals surface area (Å²) in [6, 6.07) is 12.2. The van der Waals surface area contributed by atoms with Crippen LogP contribution in [0.15, 0.2) is 52.7 Å². The second-order valence-electron chi connectivity index (χ2n) is 13.3. The van der Waals surface area contributed by atoms with E-state index < -0.39 is 15.8 Å². The van der Waals surface area contributed by atoms with E-state index in [1.54, 1.807) is 19.2 Å². The van der Waals surface area contributed by atoms with Crippen molar-refractivity contribution in [2.75, 3.05) is 12.4 Å². The number of nitrogens with one attached hydrogen (secondary N) is 1. The molecular formula is C33H38FN5O4S2. The highest BCUT2D eigenvalue weighted by Crippen LogP contribution is 2.46. The van der Waals surface area contributed by atoms with Crippen molar-refractivity contribution in [1.29, 1.82) is 0 Å². The second-order valence-corrected chi connectivity index (χ2v) is 15.8. The van der Waals surface area contributed by atoms with Crippen molar-refractivity contribution in [3.05, 3.63) is 76.0 Å². The normalized spacial score (nSPS) is 21.2. The maximum absolute atomic E-state index is 16.1. The van der Waals surface area contributed by atoms with Gasteiger partial charge in [-0.2, -0.15) is 13.8 Å². The molecule has 4 aromatic rings. The summed E-state index contributed by atoms with van der Waals surface area (Å²) in [5.74, 6) is 2.39. The minimum absolute atomic E-state index is 0.00559. The van der Waals surface area contributed by atoms with Crippen molar-refractivity contribution in [2.24, 2.45) is 0 Å². The van der Waals surface area contributed by atoms with E-state index in [0.29, 0.717) is 17.5 Å². The number of sulfonamides is 1. The predicted molar refractivity (Wildman–Crippen MR) is 171 cm³/mol. The number of benzene rings is 2. The fourth-order valence-electron chi connectivity index (χ4n) is 6.36. The Labute approximate surface area is 267 Å². The molecule has 2 aliphatic carbocycles. The zero-order valence-corrected chi connectivity index (χ0v) is 27.5. The third-order valence-electron chi connectivity index (χ3n) is 8.96. The number of rotatable bonds is 9. The van der Waals surface area contributed by atoms with Crippen molar-refractivity contribution >= 4 is 33.1 Å². The van der Waals surface area contributed by atoms with Crippen LogP contribution in [0.4, 0.5) is 15.9 Å². The van der Waals surface area contributed by atoms with Crippen LogP contribution >= 0.6 is 11.5 Å². The highest BCUT2D eigenvalue weighted by molar-refractivity contribution is 7.89. The maximum Gasteiger partial charge on any atom is 0.244 e. The average molecular weight is 652 g/mol. The first kappa shape index (κ1) is 30.2. The molecule has 2 saturated carbocycles. The number of fused-ring (bicyclic) bond motifs is 1. The topological polar surface area (TPSA) is 98.6 Å². The Hall–Kier alpha value is -3.48. The molecule has 7 rings (SSSR count). The molecule has 2 atom stereocenters. The summed E-state index contributed by atoms with van der Waals surface area (Å²) in [4.78, 5) is 0.00559. The van der Waals surface area contributed by atoms with Crippen LogP contribution in [0.5, 0.6) is 11.6 Å². The summed E-state index contributed by atoms with van der Waals surface area (Å²) in [6.07, 6.45) is 5.23. The Morgan fingerprint density at radius 1 is 1.07 bits per heavy atom. The molecule has 0 spiro atoms. The van der Waals surface area contributed by atoms with Gasteiger partial charge < -0.3 is 14.8 Å². The van der Waals surface area contributed by atoms with Crippen molar-refractivity contribution in [3.8, 4) is 11.6 Å². The molecule has 0 unspecified atom stereocenters. The van der Waals surface area contributed by atoms with Gasteiger partial charge in [0.15, 0.2) is 5.82 Å². The van der Waals surface area contributed by atoms with Crippen LogP contribution in [-0.4, -0.2) is 40.1 Å². The molecule has 45 heavy (non-hydrogen) atoms. The number of hydrogen-bond acceptors (Lipinski definition) is 8. The fraction of sp³-hybridized carbons (Fsp3) is 0.455. The first-order chi connectivity index (χ1) is 21.5. The van der Waals surface area contributed by atoms with Crippen molar-refractivity contribution < 1.29 is 22.3 Å². The van der Waals surface area contributed by atoms with E-state index in [0.717, 1.165) is 36.4 Å². The largest absolute Gasteiger partial charge is 0.497 e. The molecule has 238 valence electrons. The van der Waals surface area contributed by atoms with Gasteiger partial charge in [-0.25, -0.2) is 17.5 Å². The SMILES string of the molecule is COc1ccc(CN2Cc3c(ccc(Nc4cc([C@H]5CC[C@@H](Oc6nscc6C6CC6)C5)nn4C(C)(C)C)c3F)S2(=O)=O)cc1. The lowest BCUT2D eigenvalue weighted by atomic mass is 10.0. The molecule has 0 saturated heterocycles. The molecule has 12 heteroatoms. The maximum atomic E-state index is 16.1. The van der Waals surface area contributed by atoms with Crippen molar-refractivity contribution in [1.82, 2.24) is 18.5 Å². The minimum atomic E-state index is -3.84. The van der Waals surface area contributed by atoms with Gasteiger partial charge in [-0.1, -0.05) is 12.1 Å². The monoisotopic (exact) mass is 651 g/mol. The number of aromatic nitrogens is 3. The van der Waals surface area contributed by atoms with Gasteiger partial charge in [-0.15, -0.1) is 0 Å². The van der Waals surface area contributed by atoms with E-state index in [9.17, 15) is 8.42 Å². The summed E-state index contributed by atoms with van der Waals surface area (Å²) in [5.41, 5.74) is 2.99. The highest BCUT2D eigenvalue weighted by atomic mass is 32.2. The lowest BCUT2D eigenvalue weighted by Crippen LogP contribution is -2.25. The van der Waals surface area contributed by atoms with Gasteiger partial charge in [0, 0.05) is 41.6 Å². The van der Waals surface area contributed by atoms with Gasteiger partial charge in [-0.05, 0) is 100 Å². The molecule has 2 aromatic carbocycles. The smallest absolute Gasteiger partial charge is 0.244 e. The first-order valence-corrected chi connectivity index (χ1v) is 17.7. The molecule has 2 aromatic heterocycles. The van der Waals surface area contributed by atoms with Crippen molar-refractivity contribution in [3.63, 3.8) is 0 Å². The van der Waals surface area contributed by atoms with Crippen LogP contribution in [0.2, 0.25) is 0 Å². The number of hydrogen-bond donors (Lipinski definition) is 1. The van der Waals surface area contributed by atoms with E-state index >= 15 is 4.39 Å².